The number of hydrogen-bond acceptors (Lipinski definition) is 3. The van der Waals surface area contributed by atoms with Crippen molar-refractivity contribution < 1.29 is 19.5 Å². The van der Waals surface area contributed by atoms with Crippen LogP contribution < -0.4 is 10.6 Å². The van der Waals surface area contributed by atoms with E-state index in [4.69, 9.17) is 10.8 Å². The number of urea groups is 1. The van der Waals surface area contributed by atoms with Gasteiger partial charge in [-0.25, -0.2) is 4.79 Å². The van der Waals surface area contributed by atoms with Gasteiger partial charge in [-0.05, 0) is 19.1 Å². The molecule has 0 fully saturated rings. The van der Waals surface area contributed by atoms with E-state index in [1.165, 1.54) is 11.9 Å². The smallest absolute Gasteiger partial charge is 0.324 e. The molecule has 3 N–H and O–H groups in total. The van der Waals surface area contributed by atoms with Crippen molar-refractivity contribution in [1.82, 2.24) is 4.90 Å². The molecule has 114 valence electrons. The third kappa shape index (κ3) is 5.13. The predicted molar refractivity (Wildman–Crippen MR) is 78.0 cm³/mol. The summed E-state index contributed by atoms with van der Waals surface area (Å²) in [4.78, 5) is 36.4. The van der Waals surface area contributed by atoms with Gasteiger partial charge in [0.2, 0.25) is 5.91 Å². The maximum Gasteiger partial charge on any atom is 0.324 e. The van der Waals surface area contributed by atoms with Crippen LogP contribution >= 0.6 is 0 Å². The summed E-state index contributed by atoms with van der Waals surface area (Å²) in [7, 11) is 1.44. The molecule has 1 rings (SSSR count). The van der Waals surface area contributed by atoms with Crippen LogP contribution in [0, 0.1) is 6.92 Å². The summed E-state index contributed by atoms with van der Waals surface area (Å²) in [5.41, 5.74) is 6.66. The molecule has 7 heteroatoms. The van der Waals surface area contributed by atoms with E-state index in [1.54, 1.807) is 12.1 Å². The van der Waals surface area contributed by atoms with Crippen LogP contribution in [0.15, 0.2) is 24.3 Å². The minimum Gasteiger partial charge on any atom is -0.481 e. The number of benzene rings is 1. The van der Waals surface area contributed by atoms with Crippen LogP contribution in [0.1, 0.15) is 12.0 Å². The second-order valence-corrected chi connectivity index (χ2v) is 4.74. The third-order valence-electron chi connectivity index (χ3n) is 2.85. The molecule has 0 saturated heterocycles. The standard InChI is InChI=1S/C14H19N3O4/c1-10-3-5-11(6-4-10)17(8-7-13(19)20)14(21)16(2)9-12(15)18/h3-6H,7-9H2,1-2H3,(H2,15,18)(H,19,20). The summed E-state index contributed by atoms with van der Waals surface area (Å²) >= 11 is 0. The summed E-state index contributed by atoms with van der Waals surface area (Å²) < 4.78 is 0. The number of aryl methyl sites for hydroxylation is 1. The van der Waals surface area contributed by atoms with Gasteiger partial charge in [0, 0.05) is 19.3 Å². The highest BCUT2D eigenvalue weighted by atomic mass is 16.4. The fourth-order valence-electron chi connectivity index (χ4n) is 1.77. The summed E-state index contributed by atoms with van der Waals surface area (Å²) in [6.45, 7) is 1.70. The number of primary amides is 1. The number of rotatable bonds is 6. The van der Waals surface area contributed by atoms with Crippen molar-refractivity contribution in [2.45, 2.75) is 13.3 Å². The van der Waals surface area contributed by atoms with E-state index in [1.807, 2.05) is 19.1 Å². The average Bonchev–Trinajstić information content (AvgIpc) is 2.39. The maximum atomic E-state index is 12.3. The van der Waals surface area contributed by atoms with E-state index in [2.05, 4.69) is 0 Å². The Labute approximate surface area is 122 Å². The molecule has 0 aliphatic heterocycles. The molecule has 0 heterocycles. The topological polar surface area (TPSA) is 104 Å². The SMILES string of the molecule is Cc1ccc(N(CCC(=O)O)C(=O)N(C)CC(N)=O)cc1. The van der Waals surface area contributed by atoms with E-state index in [-0.39, 0.29) is 19.5 Å². The van der Waals surface area contributed by atoms with Crippen LogP contribution in [0.3, 0.4) is 0 Å². The molecule has 0 aliphatic carbocycles. The highest BCUT2D eigenvalue weighted by Gasteiger charge is 2.21. The van der Waals surface area contributed by atoms with E-state index < -0.39 is 17.9 Å². The predicted octanol–water partition coefficient (Wildman–Crippen LogP) is 0.813. The van der Waals surface area contributed by atoms with Crippen LogP contribution in [0.2, 0.25) is 0 Å². The van der Waals surface area contributed by atoms with E-state index in [0.29, 0.717) is 5.69 Å². The number of amides is 3. The first-order valence-corrected chi connectivity index (χ1v) is 6.40. The zero-order valence-electron chi connectivity index (χ0n) is 12.1. The van der Waals surface area contributed by atoms with Gasteiger partial charge < -0.3 is 15.7 Å². The molecule has 0 radical (unpaired) electrons. The van der Waals surface area contributed by atoms with Gasteiger partial charge in [0.15, 0.2) is 0 Å². The van der Waals surface area contributed by atoms with Crippen LogP contribution in [-0.4, -0.2) is 48.1 Å². The molecule has 0 spiro atoms. The van der Waals surface area contributed by atoms with Gasteiger partial charge in [0.25, 0.3) is 0 Å². The van der Waals surface area contributed by atoms with Gasteiger partial charge >= 0.3 is 12.0 Å². The van der Waals surface area contributed by atoms with Gasteiger partial charge in [-0.1, -0.05) is 17.7 Å². The first-order valence-electron chi connectivity index (χ1n) is 6.40. The lowest BCUT2D eigenvalue weighted by Gasteiger charge is -2.27. The zero-order valence-corrected chi connectivity index (χ0v) is 12.1. The molecule has 3 amide bonds. The number of carboxylic acids is 1. The number of aliphatic carboxylic acids is 1. The first kappa shape index (κ1) is 16.5. The van der Waals surface area contributed by atoms with Crippen molar-refractivity contribution in [3.63, 3.8) is 0 Å². The first-order chi connectivity index (χ1) is 9.81. The van der Waals surface area contributed by atoms with Gasteiger partial charge in [-0.2, -0.15) is 0 Å². The number of nitrogens with two attached hydrogens (primary N) is 1. The van der Waals surface area contributed by atoms with Gasteiger partial charge in [0.05, 0.1) is 6.42 Å². The monoisotopic (exact) mass is 293 g/mol. The second kappa shape index (κ2) is 7.28. The Morgan fingerprint density at radius 2 is 1.76 bits per heavy atom. The molecule has 0 unspecified atom stereocenters. The number of carboxylic acid groups (broad SMARTS) is 1. The Kier molecular flexibility index (Phi) is 5.71. The Balaban J connectivity index is 2.95. The largest absolute Gasteiger partial charge is 0.481 e. The fourth-order valence-corrected chi connectivity index (χ4v) is 1.77. The van der Waals surface area contributed by atoms with Gasteiger partial charge in [-0.3, -0.25) is 14.5 Å². The number of carbonyl (C=O) groups excluding carboxylic acids is 2. The Hall–Kier alpha value is -2.57. The van der Waals surface area contributed by atoms with Crippen LogP contribution in [0.4, 0.5) is 10.5 Å². The molecule has 0 aliphatic rings. The van der Waals surface area contributed by atoms with E-state index in [0.717, 1.165) is 10.5 Å². The lowest BCUT2D eigenvalue weighted by molar-refractivity contribution is -0.136. The summed E-state index contributed by atoms with van der Waals surface area (Å²) in [6, 6.07) is 6.63. The van der Waals surface area contributed by atoms with Crippen molar-refractivity contribution in [2.24, 2.45) is 5.73 Å². The minimum absolute atomic E-state index is 0.0142. The van der Waals surface area contributed by atoms with Gasteiger partial charge in [0.1, 0.15) is 6.54 Å². The van der Waals surface area contributed by atoms with Crippen molar-refractivity contribution in [1.29, 1.82) is 0 Å². The molecular formula is C14H19N3O4. The van der Waals surface area contributed by atoms with Gasteiger partial charge in [-0.15, -0.1) is 0 Å². The highest BCUT2D eigenvalue weighted by molar-refractivity contribution is 5.94. The normalized spacial score (nSPS) is 10.0. The number of anilines is 1. The zero-order chi connectivity index (χ0) is 16.0. The summed E-state index contributed by atoms with van der Waals surface area (Å²) in [5, 5.41) is 8.79. The molecule has 0 saturated carbocycles. The second-order valence-electron chi connectivity index (χ2n) is 4.74. The summed E-state index contributed by atoms with van der Waals surface area (Å²) in [6.07, 6.45) is -0.190. The van der Waals surface area contributed by atoms with Crippen molar-refractivity contribution >= 4 is 23.6 Å². The fraction of sp³-hybridized carbons (Fsp3) is 0.357. The molecule has 21 heavy (non-hydrogen) atoms. The molecule has 0 aromatic heterocycles. The number of hydrogen-bond donors (Lipinski definition) is 2. The summed E-state index contributed by atoms with van der Waals surface area (Å²) in [5.74, 6) is -1.63. The number of nitrogens with zero attached hydrogens (tertiary/aromatic N) is 2. The molecule has 7 nitrogen and oxygen atoms in total. The minimum atomic E-state index is -1.00. The molecule has 1 aromatic carbocycles. The average molecular weight is 293 g/mol. The number of likely N-dealkylation sites (N-methyl/N-ethyl adjacent to an activating group) is 1. The van der Waals surface area contributed by atoms with Crippen LogP contribution in [0.25, 0.3) is 0 Å². The number of carbonyl (C=O) groups is 3. The van der Waals surface area contributed by atoms with E-state index >= 15 is 0 Å². The van der Waals surface area contributed by atoms with Crippen molar-refractivity contribution in [2.75, 3.05) is 25.0 Å². The van der Waals surface area contributed by atoms with Crippen LogP contribution in [-0.2, 0) is 9.59 Å². The highest BCUT2D eigenvalue weighted by Crippen LogP contribution is 2.17. The Morgan fingerprint density at radius 3 is 2.24 bits per heavy atom. The third-order valence-corrected chi connectivity index (χ3v) is 2.85. The van der Waals surface area contributed by atoms with Crippen molar-refractivity contribution in [3.05, 3.63) is 29.8 Å². The lowest BCUT2D eigenvalue weighted by atomic mass is 10.2. The Bertz CT molecular complexity index is 528. The molecule has 0 bridgehead atoms. The Morgan fingerprint density at radius 1 is 1.19 bits per heavy atom. The molecule has 1 aromatic rings. The lowest BCUT2D eigenvalue weighted by Crippen LogP contribution is -2.45. The maximum absolute atomic E-state index is 12.3. The molecule has 0 atom stereocenters. The quantitative estimate of drug-likeness (QED) is 0.810. The molecular weight excluding hydrogens is 274 g/mol. The van der Waals surface area contributed by atoms with Crippen LogP contribution in [0.5, 0.6) is 0 Å². The van der Waals surface area contributed by atoms with E-state index in [9.17, 15) is 14.4 Å². The van der Waals surface area contributed by atoms with Crippen molar-refractivity contribution in [3.8, 4) is 0 Å².